The summed E-state index contributed by atoms with van der Waals surface area (Å²) in [4.78, 5) is 0. The maximum absolute atomic E-state index is 14.0. The molecule has 100 valence electrons. The van der Waals surface area contributed by atoms with Crippen LogP contribution in [0.5, 0.6) is 5.75 Å². The first-order chi connectivity index (χ1) is 8.55. The van der Waals surface area contributed by atoms with Crippen molar-refractivity contribution in [2.45, 2.75) is 38.0 Å². The predicted molar refractivity (Wildman–Crippen MR) is 74.6 cm³/mol. The highest BCUT2D eigenvalue weighted by molar-refractivity contribution is 9.10. The van der Waals surface area contributed by atoms with E-state index < -0.39 is 0 Å². The molecule has 4 heteroatoms. The lowest BCUT2D eigenvalue weighted by molar-refractivity contribution is 0.371. The van der Waals surface area contributed by atoms with Gasteiger partial charge in [0.2, 0.25) is 0 Å². The highest BCUT2D eigenvalue weighted by atomic mass is 79.9. The Labute approximate surface area is 116 Å². The quantitative estimate of drug-likeness (QED) is 0.923. The fraction of sp³-hybridized carbons (Fsp3) is 0.571. The molecule has 0 amide bonds. The Hall–Kier alpha value is -0.610. The second kappa shape index (κ2) is 5.17. The summed E-state index contributed by atoms with van der Waals surface area (Å²) < 4.78 is 20.0. The number of aryl methyl sites for hydroxylation is 1. The van der Waals surface area contributed by atoms with Crippen LogP contribution >= 0.6 is 15.9 Å². The first kappa shape index (κ1) is 13.8. The van der Waals surface area contributed by atoms with Crippen LogP contribution in [0.4, 0.5) is 4.39 Å². The minimum Gasteiger partial charge on any atom is -0.496 e. The van der Waals surface area contributed by atoms with Crippen LogP contribution in [0.3, 0.4) is 0 Å². The van der Waals surface area contributed by atoms with E-state index in [9.17, 15) is 4.39 Å². The van der Waals surface area contributed by atoms with Crippen molar-refractivity contribution in [3.63, 3.8) is 0 Å². The average Bonchev–Trinajstić information content (AvgIpc) is 2.83. The predicted octanol–water partition coefficient (Wildman–Crippen LogP) is 3.68. The minimum absolute atomic E-state index is 0.142. The van der Waals surface area contributed by atoms with Crippen molar-refractivity contribution in [2.75, 3.05) is 13.7 Å². The van der Waals surface area contributed by atoms with E-state index in [4.69, 9.17) is 10.5 Å². The zero-order valence-electron chi connectivity index (χ0n) is 10.9. The van der Waals surface area contributed by atoms with Crippen molar-refractivity contribution in [1.82, 2.24) is 0 Å². The third-order valence-electron chi connectivity index (χ3n) is 4.04. The third-order valence-corrected chi connectivity index (χ3v) is 4.82. The van der Waals surface area contributed by atoms with Gasteiger partial charge in [-0.05, 0) is 47.3 Å². The molecule has 0 bridgehead atoms. The maximum atomic E-state index is 14.0. The summed E-state index contributed by atoms with van der Waals surface area (Å²) in [6.07, 6.45) is 4.29. The van der Waals surface area contributed by atoms with E-state index in [0.29, 0.717) is 11.0 Å². The van der Waals surface area contributed by atoms with Gasteiger partial charge in [-0.2, -0.15) is 0 Å². The van der Waals surface area contributed by atoms with Gasteiger partial charge in [0.25, 0.3) is 0 Å². The van der Waals surface area contributed by atoms with E-state index >= 15 is 0 Å². The molecule has 0 aliphatic heterocycles. The van der Waals surface area contributed by atoms with Crippen molar-refractivity contribution in [3.05, 3.63) is 27.5 Å². The first-order valence-corrected chi connectivity index (χ1v) is 7.08. The summed E-state index contributed by atoms with van der Waals surface area (Å²) in [5, 5.41) is 0. The zero-order chi connectivity index (χ0) is 13.3. The Morgan fingerprint density at radius 3 is 2.56 bits per heavy atom. The van der Waals surface area contributed by atoms with Crippen molar-refractivity contribution in [1.29, 1.82) is 0 Å². The van der Waals surface area contributed by atoms with Crippen molar-refractivity contribution < 1.29 is 9.13 Å². The van der Waals surface area contributed by atoms with Crippen LogP contribution < -0.4 is 10.5 Å². The van der Waals surface area contributed by atoms with Gasteiger partial charge in [-0.3, -0.25) is 0 Å². The number of nitrogens with two attached hydrogens (primary N) is 1. The number of methoxy groups -OCH3 is 1. The van der Waals surface area contributed by atoms with E-state index in [1.807, 2.05) is 6.92 Å². The molecule has 0 unspecified atom stereocenters. The molecule has 0 spiro atoms. The number of benzene rings is 1. The van der Waals surface area contributed by atoms with Crippen LogP contribution in [-0.2, 0) is 5.41 Å². The Morgan fingerprint density at radius 2 is 2.06 bits per heavy atom. The average molecular weight is 316 g/mol. The molecule has 2 rings (SSSR count). The molecule has 0 saturated heterocycles. The topological polar surface area (TPSA) is 35.2 Å². The third kappa shape index (κ3) is 2.05. The molecule has 0 heterocycles. The van der Waals surface area contributed by atoms with Gasteiger partial charge in [0.15, 0.2) is 0 Å². The smallest absolute Gasteiger partial charge is 0.138 e. The molecular weight excluding hydrogens is 297 g/mol. The van der Waals surface area contributed by atoms with Gasteiger partial charge < -0.3 is 10.5 Å². The van der Waals surface area contributed by atoms with Gasteiger partial charge in [0, 0.05) is 17.5 Å². The van der Waals surface area contributed by atoms with Crippen LogP contribution in [0.2, 0.25) is 0 Å². The van der Waals surface area contributed by atoms with Gasteiger partial charge in [-0.15, -0.1) is 0 Å². The fourth-order valence-electron chi connectivity index (χ4n) is 3.08. The second-order valence-electron chi connectivity index (χ2n) is 5.09. The molecule has 0 aromatic heterocycles. The largest absolute Gasteiger partial charge is 0.496 e. The Bertz CT molecular complexity index is 456. The number of ether oxygens (including phenoxy) is 1. The van der Waals surface area contributed by atoms with Crippen LogP contribution in [0.1, 0.15) is 36.8 Å². The first-order valence-electron chi connectivity index (χ1n) is 6.29. The number of rotatable bonds is 3. The molecule has 0 radical (unpaired) electrons. The second-order valence-corrected chi connectivity index (χ2v) is 5.88. The molecule has 18 heavy (non-hydrogen) atoms. The van der Waals surface area contributed by atoms with Gasteiger partial charge in [-0.1, -0.05) is 12.8 Å². The molecule has 1 fully saturated rings. The number of hydrogen-bond acceptors (Lipinski definition) is 2. The molecular formula is C14H19BrFNO. The van der Waals surface area contributed by atoms with Crippen molar-refractivity contribution >= 4 is 15.9 Å². The van der Waals surface area contributed by atoms with E-state index in [1.54, 1.807) is 7.11 Å². The molecule has 1 aliphatic rings. The Kier molecular flexibility index (Phi) is 3.97. The number of hydrogen-bond donors (Lipinski definition) is 1. The van der Waals surface area contributed by atoms with E-state index in [0.717, 1.165) is 42.6 Å². The maximum Gasteiger partial charge on any atom is 0.138 e. The molecule has 0 atom stereocenters. The van der Waals surface area contributed by atoms with Crippen LogP contribution in [-0.4, -0.2) is 13.7 Å². The number of halogens is 2. The molecule has 1 saturated carbocycles. The molecule has 1 aromatic rings. The van der Waals surface area contributed by atoms with Crippen LogP contribution in [0, 0.1) is 12.7 Å². The fourth-order valence-corrected chi connectivity index (χ4v) is 3.79. The Balaban J connectivity index is 2.67. The van der Waals surface area contributed by atoms with Crippen LogP contribution in [0.25, 0.3) is 0 Å². The van der Waals surface area contributed by atoms with Gasteiger partial charge >= 0.3 is 0 Å². The summed E-state index contributed by atoms with van der Waals surface area (Å²) in [6, 6.07) is 1.51. The monoisotopic (exact) mass is 315 g/mol. The van der Waals surface area contributed by atoms with Gasteiger partial charge in [-0.25, -0.2) is 4.39 Å². The minimum atomic E-state index is -0.233. The zero-order valence-corrected chi connectivity index (χ0v) is 12.4. The SMILES string of the molecule is COc1c(C)cc(F)c(Br)c1C1(CN)CCCC1. The van der Waals surface area contributed by atoms with E-state index in [1.165, 1.54) is 6.07 Å². The summed E-state index contributed by atoms with van der Waals surface area (Å²) in [5.74, 6) is 0.540. The highest BCUT2D eigenvalue weighted by Gasteiger charge is 2.39. The molecule has 1 aromatic carbocycles. The van der Waals surface area contributed by atoms with Gasteiger partial charge in [0.1, 0.15) is 11.6 Å². The van der Waals surface area contributed by atoms with Crippen molar-refractivity contribution in [3.8, 4) is 5.75 Å². The normalized spacial score (nSPS) is 18.1. The Morgan fingerprint density at radius 1 is 1.44 bits per heavy atom. The lowest BCUT2D eigenvalue weighted by Crippen LogP contribution is -2.33. The molecule has 2 nitrogen and oxygen atoms in total. The van der Waals surface area contributed by atoms with Gasteiger partial charge in [0.05, 0.1) is 11.6 Å². The standard InChI is InChI=1S/C14H19BrFNO/c1-9-7-10(16)12(15)11(13(9)18-2)14(8-17)5-3-4-6-14/h7H,3-6,8,17H2,1-2H3. The molecule has 2 N–H and O–H groups in total. The summed E-state index contributed by atoms with van der Waals surface area (Å²) in [5.41, 5.74) is 7.60. The summed E-state index contributed by atoms with van der Waals surface area (Å²) >= 11 is 3.38. The summed E-state index contributed by atoms with van der Waals surface area (Å²) in [6.45, 7) is 2.40. The van der Waals surface area contributed by atoms with Crippen molar-refractivity contribution in [2.24, 2.45) is 5.73 Å². The van der Waals surface area contributed by atoms with E-state index in [-0.39, 0.29) is 11.2 Å². The van der Waals surface area contributed by atoms with Crippen LogP contribution in [0.15, 0.2) is 10.5 Å². The summed E-state index contributed by atoms with van der Waals surface area (Å²) in [7, 11) is 1.63. The lowest BCUT2D eigenvalue weighted by atomic mass is 9.77. The lowest BCUT2D eigenvalue weighted by Gasteiger charge is -2.31. The highest BCUT2D eigenvalue weighted by Crippen LogP contribution is 2.48. The van der Waals surface area contributed by atoms with E-state index in [2.05, 4.69) is 15.9 Å². The molecule has 1 aliphatic carbocycles.